The van der Waals surface area contributed by atoms with Crippen LogP contribution in [0.2, 0.25) is 5.02 Å². The number of benzene rings is 1. The Labute approximate surface area is 145 Å². The summed E-state index contributed by atoms with van der Waals surface area (Å²) in [4.78, 5) is 11.8. The molecular weight excluding hydrogens is 352 g/mol. The lowest BCUT2D eigenvalue weighted by atomic mass is 10.1. The summed E-state index contributed by atoms with van der Waals surface area (Å²) in [7, 11) is -2.21. The Balaban J connectivity index is 1.96. The van der Waals surface area contributed by atoms with E-state index in [0.29, 0.717) is 0 Å². The van der Waals surface area contributed by atoms with E-state index in [0.717, 1.165) is 5.69 Å². The molecule has 2 aromatic rings. The second-order valence-corrected chi connectivity index (χ2v) is 7.84. The molecule has 1 aliphatic heterocycles. The molecule has 0 fully saturated rings. The Bertz CT molecular complexity index is 865. The summed E-state index contributed by atoms with van der Waals surface area (Å²) < 4.78 is 29.0. The fourth-order valence-electron chi connectivity index (χ4n) is 2.80. The van der Waals surface area contributed by atoms with E-state index < -0.39 is 10.0 Å². The van der Waals surface area contributed by atoms with Crippen LogP contribution in [0.15, 0.2) is 41.4 Å². The van der Waals surface area contributed by atoms with Crippen molar-refractivity contribution >= 4 is 27.5 Å². The number of sulfonamides is 1. The molecule has 0 saturated carbocycles. The number of halogens is 1. The first-order chi connectivity index (χ1) is 11.4. The molecule has 24 heavy (non-hydrogen) atoms. The molecular formula is C15H17ClN4O3S. The van der Waals surface area contributed by atoms with Crippen molar-refractivity contribution in [1.82, 2.24) is 19.4 Å². The van der Waals surface area contributed by atoms with E-state index in [-0.39, 0.29) is 41.4 Å². The van der Waals surface area contributed by atoms with Gasteiger partial charge in [0.05, 0.1) is 29.7 Å². The molecule has 9 heteroatoms. The summed E-state index contributed by atoms with van der Waals surface area (Å²) in [6, 6.07) is 7.74. The van der Waals surface area contributed by atoms with Gasteiger partial charge in [0, 0.05) is 19.8 Å². The van der Waals surface area contributed by atoms with E-state index in [9.17, 15) is 13.2 Å². The van der Waals surface area contributed by atoms with Crippen molar-refractivity contribution in [2.24, 2.45) is 0 Å². The average molecular weight is 369 g/mol. The van der Waals surface area contributed by atoms with Crippen LogP contribution in [0.3, 0.4) is 0 Å². The highest BCUT2D eigenvalue weighted by Gasteiger charge is 2.35. The molecule has 128 valence electrons. The Morgan fingerprint density at radius 1 is 1.38 bits per heavy atom. The van der Waals surface area contributed by atoms with Gasteiger partial charge in [-0.15, -0.1) is 0 Å². The maximum absolute atomic E-state index is 13.0. The van der Waals surface area contributed by atoms with E-state index in [1.54, 1.807) is 42.2 Å². The lowest BCUT2D eigenvalue weighted by Crippen LogP contribution is -2.42. The van der Waals surface area contributed by atoms with Crippen LogP contribution >= 0.6 is 11.6 Å². The molecule has 0 aliphatic carbocycles. The van der Waals surface area contributed by atoms with Crippen LogP contribution in [0.1, 0.15) is 18.2 Å². The van der Waals surface area contributed by atoms with Crippen molar-refractivity contribution in [3.05, 3.63) is 47.2 Å². The molecule has 0 saturated heterocycles. The number of nitrogens with one attached hydrogen (secondary N) is 1. The molecule has 3 rings (SSSR count). The summed E-state index contributed by atoms with van der Waals surface area (Å²) >= 11 is 6.06. The monoisotopic (exact) mass is 368 g/mol. The molecule has 0 radical (unpaired) electrons. The zero-order valence-electron chi connectivity index (χ0n) is 13.0. The Hall–Kier alpha value is -1.90. The van der Waals surface area contributed by atoms with Gasteiger partial charge in [-0.05, 0) is 18.2 Å². The average Bonchev–Trinajstić information content (AvgIpc) is 3.03. The molecule has 1 atom stereocenters. The van der Waals surface area contributed by atoms with Gasteiger partial charge < -0.3 is 5.32 Å². The van der Waals surface area contributed by atoms with E-state index in [1.807, 2.05) is 0 Å². The van der Waals surface area contributed by atoms with Gasteiger partial charge in [-0.3, -0.25) is 9.48 Å². The lowest BCUT2D eigenvalue weighted by Gasteiger charge is -2.33. The van der Waals surface area contributed by atoms with Crippen molar-refractivity contribution in [3.63, 3.8) is 0 Å². The molecule has 1 aromatic heterocycles. The van der Waals surface area contributed by atoms with Gasteiger partial charge in [0.1, 0.15) is 4.90 Å². The fourth-order valence-corrected chi connectivity index (χ4v) is 4.74. The van der Waals surface area contributed by atoms with Gasteiger partial charge in [0.25, 0.3) is 0 Å². The van der Waals surface area contributed by atoms with Crippen LogP contribution in [0, 0.1) is 0 Å². The van der Waals surface area contributed by atoms with Crippen molar-refractivity contribution in [3.8, 4) is 0 Å². The maximum Gasteiger partial charge on any atom is 0.244 e. The topological polar surface area (TPSA) is 84.3 Å². The first-order valence-electron chi connectivity index (χ1n) is 7.41. The van der Waals surface area contributed by atoms with Crippen LogP contribution in [-0.2, 0) is 21.4 Å². The van der Waals surface area contributed by atoms with Crippen LogP contribution in [0.25, 0.3) is 0 Å². The number of hydrogen-bond acceptors (Lipinski definition) is 4. The van der Waals surface area contributed by atoms with Gasteiger partial charge in [-0.25, -0.2) is 8.42 Å². The Kier molecular flexibility index (Phi) is 4.62. The summed E-state index contributed by atoms with van der Waals surface area (Å²) in [5, 5.41) is 6.96. The molecule has 1 aliphatic rings. The number of amides is 1. The predicted octanol–water partition coefficient (Wildman–Crippen LogP) is 1.42. The second-order valence-electron chi connectivity index (χ2n) is 5.53. The molecule has 1 aromatic carbocycles. The number of carbonyl (C=O) groups excluding carboxylic acids is 1. The molecule has 1 N–H and O–H groups in total. The molecule has 1 unspecified atom stereocenters. The minimum atomic E-state index is -3.76. The Morgan fingerprint density at radius 3 is 2.83 bits per heavy atom. The van der Waals surface area contributed by atoms with Crippen molar-refractivity contribution in [1.29, 1.82) is 0 Å². The van der Waals surface area contributed by atoms with Gasteiger partial charge in [-0.2, -0.15) is 9.40 Å². The quantitative estimate of drug-likeness (QED) is 0.884. The minimum Gasteiger partial charge on any atom is -0.359 e. The number of fused-ring (bicyclic) bond motifs is 1. The summed E-state index contributed by atoms with van der Waals surface area (Å²) in [5.74, 6) is -0.168. The molecule has 2 heterocycles. The summed E-state index contributed by atoms with van der Waals surface area (Å²) in [6.45, 7) is 0.355. The largest absolute Gasteiger partial charge is 0.359 e. The summed E-state index contributed by atoms with van der Waals surface area (Å²) in [6.07, 6.45) is 1.76. The van der Waals surface area contributed by atoms with Gasteiger partial charge in [-0.1, -0.05) is 23.7 Å². The lowest BCUT2D eigenvalue weighted by molar-refractivity contribution is -0.121. The number of hydrogen-bond donors (Lipinski definition) is 1. The van der Waals surface area contributed by atoms with E-state index in [4.69, 9.17) is 11.6 Å². The first kappa shape index (κ1) is 16.9. The third-order valence-corrected chi connectivity index (χ3v) is 6.32. The summed E-state index contributed by atoms with van der Waals surface area (Å²) in [5.41, 5.74) is 0.741. The molecule has 0 spiro atoms. The van der Waals surface area contributed by atoms with Crippen LogP contribution in [0.5, 0.6) is 0 Å². The second kappa shape index (κ2) is 6.54. The van der Waals surface area contributed by atoms with E-state index in [1.165, 1.54) is 10.4 Å². The molecule has 0 bridgehead atoms. The van der Waals surface area contributed by atoms with Crippen molar-refractivity contribution < 1.29 is 13.2 Å². The SMILES string of the molecule is CNC(=O)CC1CN(S(=O)(=O)c2ccccc2Cl)Cc2ccnn21. The zero-order chi connectivity index (χ0) is 17.3. The van der Waals surface area contributed by atoms with E-state index >= 15 is 0 Å². The smallest absolute Gasteiger partial charge is 0.244 e. The molecule has 7 nitrogen and oxygen atoms in total. The molecule has 1 amide bonds. The highest BCUT2D eigenvalue weighted by Crippen LogP contribution is 2.30. The Morgan fingerprint density at radius 2 is 2.12 bits per heavy atom. The zero-order valence-corrected chi connectivity index (χ0v) is 14.6. The van der Waals surface area contributed by atoms with Gasteiger partial charge >= 0.3 is 0 Å². The van der Waals surface area contributed by atoms with Crippen molar-refractivity contribution in [2.45, 2.75) is 23.9 Å². The highest BCUT2D eigenvalue weighted by atomic mass is 35.5. The number of rotatable bonds is 4. The normalized spacial score (nSPS) is 18.2. The number of nitrogens with zero attached hydrogens (tertiary/aromatic N) is 3. The fraction of sp³-hybridized carbons (Fsp3) is 0.333. The first-order valence-corrected chi connectivity index (χ1v) is 9.23. The van der Waals surface area contributed by atoms with Gasteiger partial charge in [0.2, 0.25) is 15.9 Å². The third-order valence-electron chi connectivity index (χ3n) is 4.01. The standard InChI is InChI=1S/C15H17ClN4O3S/c1-17-15(21)8-12-10-19(9-11-6-7-18-20(11)12)24(22,23)14-5-3-2-4-13(14)16/h2-7,12H,8-10H2,1H3,(H,17,21). The van der Waals surface area contributed by atoms with Crippen LogP contribution in [0.4, 0.5) is 0 Å². The predicted molar refractivity (Wildman–Crippen MR) is 89.0 cm³/mol. The van der Waals surface area contributed by atoms with E-state index in [2.05, 4.69) is 10.4 Å². The van der Waals surface area contributed by atoms with Crippen LogP contribution in [-0.4, -0.2) is 42.0 Å². The van der Waals surface area contributed by atoms with Crippen molar-refractivity contribution in [2.75, 3.05) is 13.6 Å². The van der Waals surface area contributed by atoms with Gasteiger partial charge in [0.15, 0.2) is 0 Å². The highest BCUT2D eigenvalue weighted by molar-refractivity contribution is 7.89. The van der Waals surface area contributed by atoms with Crippen LogP contribution < -0.4 is 5.32 Å². The third kappa shape index (κ3) is 3.04. The number of carbonyl (C=O) groups is 1. The minimum absolute atomic E-state index is 0.0679. The maximum atomic E-state index is 13.0. The number of aromatic nitrogens is 2.